The maximum atomic E-state index is 9.79. The molecule has 4 heteroatoms. The molecule has 0 heterocycles. The van der Waals surface area contributed by atoms with Gasteiger partial charge >= 0.3 is 34.8 Å². The van der Waals surface area contributed by atoms with Crippen LogP contribution in [0.15, 0.2) is 24.3 Å². The van der Waals surface area contributed by atoms with Crippen LogP contribution in [0.25, 0.3) is 0 Å². The average molecular weight is 278 g/mol. The van der Waals surface area contributed by atoms with Crippen molar-refractivity contribution in [1.29, 1.82) is 0 Å². The average Bonchev–Trinajstić information content (AvgIpc) is 2.69. The molecule has 3 nitrogen and oxygen atoms in total. The minimum atomic E-state index is -0.842. The van der Waals surface area contributed by atoms with Gasteiger partial charge in [-0.15, -0.1) is 0 Å². The van der Waals surface area contributed by atoms with Crippen LogP contribution in [0.5, 0.6) is 0 Å². The summed E-state index contributed by atoms with van der Waals surface area (Å²) in [6.45, 7) is 0. The number of carbonyl (C=O) groups excluding carboxylic acids is 3. The molecule has 0 atom stereocenters. The van der Waals surface area contributed by atoms with Gasteiger partial charge in [-0.25, -0.2) is 0 Å². The molecule has 0 aliphatic heterocycles. The summed E-state index contributed by atoms with van der Waals surface area (Å²) >= 11 is -0.842. The van der Waals surface area contributed by atoms with Crippen molar-refractivity contribution in [2.45, 2.75) is 12.8 Å². The minimum absolute atomic E-state index is 0.492. The monoisotopic (exact) mass is 279 g/mol. The number of rotatable bonds is 3. The molecule has 0 saturated heterocycles. The zero-order valence-corrected chi connectivity index (χ0v) is 9.12. The molecule has 76 valence electrons. The summed E-state index contributed by atoms with van der Waals surface area (Å²) in [7, 11) is 0. The Hall–Kier alpha value is -1.07. The summed E-state index contributed by atoms with van der Waals surface area (Å²) in [4.78, 5) is 27.9. The van der Waals surface area contributed by atoms with Crippen LogP contribution in [0, 0.1) is 5.92 Å². The quantitative estimate of drug-likeness (QED) is 0.567. The van der Waals surface area contributed by atoms with Crippen molar-refractivity contribution in [3.8, 4) is 0 Å². The Morgan fingerprint density at radius 1 is 1.21 bits per heavy atom. The van der Waals surface area contributed by atoms with Crippen LogP contribution >= 0.6 is 0 Å². The van der Waals surface area contributed by atoms with Gasteiger partial charge in [-0.2, -0.15) is 6.42 Å². The molecule has 0 aromatic heterocycles. The van der Waals surface area contributed by atoms with Crippen molar-refractivity contribution in [2.75, 3.05) is 0 Å². The van der Waals surface area contributed by atoms with Crippen LogP contribution in [0.2, 0.25) is 0 Å². The number of allylic oxidation sites excluding steroid dienone is 4. The molecule has 14 heavy (non-hydrogen) atoms. The van der Waals surface area contributed by atoms with E-state index in [0.717, 1.165) is 6.42 Å². The first-order valence-corrected chi connectivity index (χ1v) is 5.63. The van der Waals surface area contributed by atoms with E-state index in [1.165, 1.54) is 8.95 Å². The van der Waals surface area contributed by atoms with Crippen LogP contribution in [-0.2, 0) is 30.6 Å². The van der Waals surface area contributed by atoms with Gasteiger partial charge in [-0.3, -0.25) is 6.29 Å². The second-order valence-corrected chi connectivity index (χ2v) is 3.49. The molecular formula is C10H9O3Ru-. The van der Waals surface area contributed by atoms with E-state index >= 15 is 0 Å². The van der Waals surface area contributed by atoms with E-state index in [-0.39, 0.29) is 0 Å². The molecule has 0 radical (unpaired) electrons. The first-order chi connectivity index (χ1) is 6.85. The van der Waals surface area contributed by atoms with E-state index in [1.54, 1.807) is 0 Å². The first-order valence-electron chi connectivity index (χ1n) is 3.89. The molecule has 0 aromatic rings. The Morgan fingerprint density at radius 3 is 2.14 bits per heavy atom. The summed E-state index contributed by atoms with van der Waals surface area (Å²) in [5, 5.41) is 0. The fourth-order valence-electron chi connectivity index (χ4n) is 0.911. The molecule has 0 fully saturated rings. The van der Waals surface area contributed by atoms with E-state index in [4.69, 9.17) is 9.59 Å². The number of hydrogen-bond acceptors (Lipinski definition) is 3. The third-order valence-electron chi connectivity index (χ3n) is 1.48. The van der Waals surface area contributed by atoms with E-state index in [1.807, 2.05) is 18.4 Å². The van der Waals surface area contributed by atoms with Gasteiger partial charge in [0.2, 0.25) is 0 Å². The molecule has 0 aromatic carbocycles. The van der Waals surface area contributed by atoms with Crippen LogP contribution in [0.3, 0.4) is 0 Å². The van der Waals surface area contributed by atoms with E-state index in [2.05, 4.69) is 12.2 Å². The normalized spacial score (nSPS) is 12.6. The van der Waals surface area contributed by atoms with E-state index in [9.17, 15) is 4.79 Å². The van der Waals surface area contributed by atoms with Crippen LogP contribution < -0.4 is 0 Å². The zero-order chi connectivity index (χ0) is 10.6. The number of hydrogen-bond donors (Lipinski definition) is 0. The summed E-state index contributed by atoms with van der Waals surface area (Å²) in [5.74, 6) is 0.492. The van der Waals surface area contributed by atoms with Gasteiger partial charge in [0.1, 0.15) is 0 Å². The van der Waals surface area contributed by atoms with E-state index in [0.29, 0.717) is 12.3 Å². The Kier molecular flexibility index (Phi) is 9.25. The standard InChI is InChI=1S/C8H9O.2CO.Ru/c9-7-3-6-8-4-1-2-5-8;2*1-2;/h1-2,4-5,8H,3,6H2;;;/q-1;;;. The maximum absolute atomic E-state index is 9.79. The molecule has 0 spiro atoms. The summed E-state index contributed by atoms with van der Waals surface area (Å²) < 4.78 is 2.87. The Labute approximate surface area is 89.1 Å². The van der Waals surface area contributed by atoms with Gasteiger partial charge in [0.25, 0.3) is 0 Å². The molecule has 0 saturated carbocycles. The molecular weight excluding hydrogens is 269 g/mol. The second-order valence-electron chi connectivity index (χ2n) is 2.35. The Morgan fingerprint density at radius 2 is 1.79 bits per heavy atom. The molecule has 0 unspecified atom stereocenters. The molecule has 0 amide bonds. The fourth-order valence-corrected chi connectivity index (χ4v) is 0.983. The first kappa shape index (κ1) is 12.9. The Bertz CT molecular complexity index is 303. The summed E-state index contributed by atoms with van der Waals surface area (Å²) in [6.07, 6.45) is 11.6. The predicted molar refractivity (Wildman–Crippen MR) is 48.1 cm³/mol. The molecule has 0 N–H and O–H groups in total. The summed E-state index contributed by atoms with van der Waals surface area (Å²) in [6, 6.07) is 0. The van der Waals surface area contributed by atoms with Gasteiger partial charge in [0.15, 0.2) is 0 Å². The molecule has 1 aliphatic rings. The molecule has 0 bridgehead atoms. The van der Waals surface area contributed by atoms with Gasteiger partial charge in [0.05, 0.1) is 0 Å². The second kappa shape index (κ2) is 10.0. The summed E-state index contributed by atoms with van der Waals surface area (Å²) in [5.41, 5.74) is 0. The van der Waals surface area contributed by atoms with Gasteiger partial charge in [0, 0.05) is 0 Å². The van der Waals surface area contributed by atoms with Gasteiger partial charge in [-0.1, -0.05) is 30.7 Å². The molecule has 1 aliphatic carbocycles. The van der Waals surface area contributed by atoms with Crippen molar-refractivity contribution >= 4 is 15.2 Å². The fraction of sp³-hybridized carbons (Fsp3) is 0.300. The van der Waals surface area contributed by atoms with Crippen LogP contribution in [0.1, 0.15) is 12.8 Å². The van der Waals surface area contributed by atoms with Gasteiger partial charge < -0.3 is 4.79 Å². The molecule has 1 rings (SSSR count). The Balaban J connectivity index is 0.000000292. The van der Waals surface area contributed by atoms with Crippen LogP contribution in [-0.4, -0.2) is 15.2 Å². The van der Waals surface area contributed by atoms with Crippen molar-refractivity contribution < 1.29 is 30.6 Å². The zero-order valence-electron chi connectivity index (χ0n) is 7.38. The third kappa shape index (κ3) is 7.58. The van der Waals surface area contributed by atoms with Crippen molar-refractivity contribution in [3.05, 3.63) is 24.3 Å². The van der Waals surface area contributed by atoms with Crippen molar-refractivity contribution in [2.24, 2.45) is 5.92 Å². The van der Waals surface area contributed by atoms with Crippen molar-refractivity contribution in [3.63, 3.8) is 0 Å². The predicted octanol–water partition coefficient (Wildman–Crippen LogP) is 0.822. The van der Waals surface area contributed by atoms with E-state index < -0.39 is 16.2 Å². The van der Waals surface area contributed by atoms with Crippen LogP contribution in [0.4, 0.5) is 0 Å². The third-order valence-corrected chi connectivity index (χ3v) is 1.83. The van der Waals surface area contributed by atoms with Gasteiger partial charge in [-0.05, 0) is 5.92 Å². The van der Waals surface area contributed by atoms with Crippen molar-refractivity contribution in [1.82, 2.24) is 0 Å². The topological polar surface area (TPSA) is 51.2 Å². The SMILES string of the molecule is O=[C-]CCC1C=CC=C1.O=[C]=[Ru]=[C]=O.